The number of benzene rings is 1. The highest BCUT2D eigenvalue weighted by atomic mass is 19.4. The van der Waals surface area contributed by atoms with E-state index in [9.17, 15) is 13.2 Å². The molecule has 2 rings (SSSR count). The molecule has 1 aromatic carbocycles. The molecule has 1 saturated carbocycles. The van der Waals surface area contributed by atoms with E-state index in [2.05, 4.69) is 12.2 Å². The minimum absolute atomic E-state index is 0.194. The largest absolute Gasteiger partial charge is 0.416 e. The molecule has 0 heterocycles. The van der Waals surface area contributed by atoms with Crippen molar-refractivity contribution < 1.29 is 13.2 Å². The molecule has 0 spiro atoms. The molecular formula is C14H18F3N. The van der Waals surface area contributed by atoms with Crippen molar-refractivity contribution >= 4 is 5.69 Å². The van der Waals surface area contributed by atoms with Gasteiger partial charge in [-0.1, -0.05) is 13.0 Å². The van der Waals surface area contributed by atoms with Gasteiger partial charge in [0.1, 0.15) is 0 Å². The summed E-state index contributed by atoms with van der Waals surface area (Å²) in [6.07, 6.45) is -2.00. The summed E-state index contributed by atoms with van der Waals surface area (Å²) in [6, 6.07) is 4.05. The quantitative estimate of drug-likeness (QED) is 0.833. The Balaban J connectivity index is 2.21. The van der Waals surface area contributed by atoms with E-state index in [1.54, 1.807) is 0 Å². The van der Waals surface area contributed by atoms with Crippen LogP contribution in [0.1, 0.15) is 37.8 Å². The van der Waals surface area contributed by atoms with Crippen LogP contribution >= 0.6 is 0 Å². The number of alkyl halides is 3. The molecule has 0 aromatic heterocycles. The predicted molar refractivity (Wildman–Crippen MR) is 66.6 cm³/mol. The first kappa shape index (κ1) is 13.2. The third-order valence-corrected chi connectivity index (χ3v) is 4.02. The molecule has 0 bridgehead atoms. The van der Waals surface area contributed by atoms with Crippen molar-refractivity contribution in [2.45, 2.75) is 45.8 Å². The van der Waals surface area contributed by atoms with Crippen LogP contribution in [-0.2, 0) is 6.18 Å². The van der Waals surface area contributed by atoms with E-state index < -0.39 is 11.7 Å². The van der Waals surface area contributed by atoms with Crippen LogP contribution in [0.2, 0.25) is 0 Å². The number of hydrogen-bond donors (Lipinski definition) is 1. The van der Waals surface area contributed by atoms with Crippen molar-refractivity contribution in [2.75, 3.05) is 5.32 Å². The number of nitrogens with one attached hydrogen (secondary N) is 1. The predicted octanol–water partition coefficient (Wildman–Crippen LogP) is 4.61. The van der Waals surface area contributed by atoms with Gasteiger partial charge in [0.15, 0.2) is 0 Å². The van der Waals surface area contributed by atoms with Gasteiger partial charge in [-0.25, -0.2) is 0 Å². The van der Waals surface area contributed by atoms with Crippen molar-refractivity contribution in [1.82, 2.24) is 0 Å². The smallest absolute Gasteiger partial charge is 0.382 e. The summed E-state index contributed by atoms with van der Waals surface area (Å²) in [5.74, 6) is 0. The lowest BCUT2D eigenvalue weighted by Gasteiger charge is -2.23. The zero-order valence-corrected chi connectivity index (χ0v) is 10.9. The van der Waals surface area contributed by atoms with Crippen LogP contribution in [0, 0.1) is 12.3 Å². The van der Waals surface area contributed by atoms with Gasteiger partial charge in [0, 0.05) is 11.7 Å². The molecule has 4 heteroatoms. The van der Waals surface area contributed by atoms with Gasteiger partial charge in [0.2, 0.25) is 0 Å². The van der Waals surface area contributed by atoms with Crippen LogP contribution < -0.4 is 5.32 Å². The fraction of sp³-hybridized carbons (Fsp3) is 0.571. The molecule has 1 atom stereocenters. The summed E-state index contributed by atoms with van der Waals surface area (Å²) in [4.78, 5) is 0. The summed E-state index contributed by atoms with van der Waals surface area (Å²) < 4.78 is 38.0. The van der Waals surface area contributed by atoms with Gasteiger partial charge in [-0.2, -0.15) is 13.2 Å². The maximum Gasteiger partial charge on any atom is 0.416 e. The molecule has 0 aliphatic heterocycles. The van der Waals surface area contributed by atoms with Crippen LogP contribution in [0.5, 0.6) is 0 Å². The average molecular weight is 257 g/mol. The van der Waals surface area contributed by atoms with Gasteiger partial charge < -0.3 is 5.32 Å². The molecule has 0 radical (unpaired) electrons. The van der Waals surface area contributed by atoms with Crippen molar-refractivity contribution in [3.63, 3.8) is 0 Å². The van der Waals surface area contributed by atoms with E-state index in [-0.39, 0.29) is 11.5 Å². The Bertz CT molecular complexity index is 447. The molecular weight excluding hydrogens is 239 g/mol. The van der Waals surface area contributed by atoms with E-state index >= 15 is 0 Å². The Morgan fingerprint density at radius 2 is 1.89 bits per heavy atom. The molecule has 1 nitrogen and oxygen atoms in total. The van der Waals surface area contributed by atoms with Crippen LogP contribution in [-0.4, -0.2) is 6.04 Å². The van der Waals surface area contributed by atoms with Gasteiger partial charge in [-0.05, 0) is 49.8 Å². The topological polar surface area (TPSA) is 12.0 Å². The molecule has 0 saturated heterocycles. The molecule has 0 amide bonds. The Kier molecular flexibility index (Phi) is 3.07. The third kappa shape index (κ3) is 2.62. The van der Waals surface area contributed by atoms with E-state index in [0.717, 1.165) is 24.5 Å². The van der Waals surface area contributed by atoms with Gasteiger partial charge in [-0.15, -0.1) is 0 Å². The highest BCUT2D eigenvalue weighted by Crippen LogP contribution is 2.49. The monoisotopic (exact) mass is 257 g/mol. The zero-order valence-electron chi connectivity index (χ0n) is 10.9. The maximum absolute atomic E-state index is 12.7. The summed E-state index contributed by atoms with van der Waals surface area (Å²) in [6.45, 7) is 6.02. The molecule has 1 unspecified atom stereocenters. The first-order valence-corrected chi connectivity index (χ1v) is 6.17. The first-order chi connectivity index (χ1) is 8.22. The third-order valence-electron chi connectivity index (χ3n) is 4.02. The molecule has 1 aliphatic carbocycles. The number of rotatable bonds is 3. The van der Waals surface area contributed by atoms with Gasteiger partial charge in [-0.3, -0.25) is 0 Å². The molecule has 18 heavy (non-hydrogen) atoms. The molecule has 100 valence electrons. The van der Waals surface area contributed by atoms with Crippen molar-refractivity contribution in [1.29, 1.82) is 0 Å². The van der Waals surface area contributed by atoms with Crippen LogP contribution in [0.15, 0.2) is 18.2 Å². The van der Waals surface area contributed by atoms with Crippen molar-refractivity contribution in [3.8, 4) is 0 Å². The van der Waals surface area contributed by atoms with Gasteiger partial charge in [0.25, 0.3) is 0 Å². The SMILES string of the molecule is Cc1ccc(C(F)(F)F)cc1NC(C)C1(C)CC1. The lowest BCUT2D eigenvalue weighted by atomic mass is 9.99. The van der Waals surface area contributed by atoms with Gasteiger partial charge in [0.05, 0.1) is 5.56 Å². The lowest BCUT2D eigenvalue weighted by molar-refractivity contribution is -0.137. The van der Waals surface area contributed by atoms with E-state index in [4.69, 9.17) is 0 Å². The summed E-state index contributed by atoms with van der Waals surface area (Å²) in [5, 5.41) is 3.23. The second-order valence-electron chi connectivity index (χ2n) is 5.55. The lowest BCUT2D eigenvalue weighted by Crippen LogP contribution is -2.25. The summed E-state index contributed by atoms with van der Waals surface area (Å²) in [7, 11) is 0. The number of aryl methyl sites for hydroxylation is 1. The minimum atomic E-state index is -4.28. The van der Waals surface area contributed by atoms with Crippen LogP contribution in [0.25, 0.3) is 0 Å². The van der Waals surface area contributed by atoms with Gasteiger partial charge >= 0.3 is 6.18 Å². The Labute approximate surface area is 105 Å². The fourth-order valence-corrected chi connectivity index (χ4v) is 1.99. The molecule has 1 N–H and O–H groups in total. The summed E-state index contributed by atoms with van der Waals surface area (Å²) in [5.41, 5.74) is 1.08. The normalized spacial score (nSPS) is 19.4. The molecule has 1 aromatic rings. The second kappa shape index (κ2) is 4.18. The Hall–Kier alpha value is -1.19. The summed E-state index contributed by atoms with van der Waals surface area (Å²) >= 11 is 0. The van der Waals surface area contributed by atoms with E-state index in [1.807, 2.05) is 13.8 Å². The van der Waals surface area contributed by atoms with E-state index in [1.165, 1.54) is 12.1 Å². The Morgan fingerprint density at radius 1 is 1.28 bits per heavy atom. The highest BCUT2D eigenvalue weighted by molar-refractivity contribution is 5.54. The van der Waals surface area contributed by atoms with Crippen LogP contribution in [0.3, 0.4) is 0 Å². The van der Waals surface area contributed by atoms with Crippen LogP contribution in [0.4, 0.5) is 18.9 Å². The van der Waals surface area contributed by atoms with Crippen molar-refractivity contribution in [2.24, 2.45) is 5.41 Å². The van der Waals surface area contributed by atoms with Crippen molar-refractivity contribution in [3.05, 3.63) is 29.3 Å². The molecule has 1 fully saturated rings. The first-order valence-electron chi connectivity index (χ1n) is 6.17. The number of hydrogen-bond acceptors (Lipinski definition) is 1. The highest BCUT2D eigenvalue weighted by Gasteiger charge is 2.42. The Morgan fingerprint density at radius 3 is 2.39 bits per heavy atom. The number of anilines is 1. The molecule has 1 aliphatic rings. The fourth-order valence-electron chi connectivity index (χ4n) is 1.99. The second-order valence-corrected chi connectivity index (χ2v) is 5.55. The zero-order chi connectivity index (χ0) is 13.6. The number of halogens is 3. The van der Waals surface area contributed by atoms with E-state index in [0.29, 0.717) is 5.69 Å². The maximum atomic E-state index is 12.7. The minimum Gasteiger partial charge on any atom is -0.382 e. The average Bonchev–Trinajstić information content (AvgIpc) is 2.99. The standard InChI is InChI=1S/C14H18F3N/c1-9-4-5-11(14(15,16)17)8-12(9)18-10(2)13(3)6-7-13/h4-5,8,10,18H,6-7H2,1-3H3.